The van der Waals surface area contributed by atoms with Gasteiger partial charge < -0.3 is 24.5 Å². The van der Waals surface area contributed by atoms with Gasteiger partial charge in [0.2, 0.25) is 5.88 Å². The molecule has 1 aromatic heterocycles. The minimum absolute atomic E-state index is 0.0810. The van der Waals surface area contributed by atoms with Crippen LogP contribution < -0.4 is 15.2 Å². The summed E-state index contributed by atoms with van der Waals surface area (Å²) in [4.78, 5) is 0. The first kappa shape index (κ1) is 12.8. The zero-order valence-electron chi connectivity index (χ0n) is 11.2. The number of nitrogens with zero attached hydrogens (tertiary/aromatic N) is 1. The van der Waals surface area contributed by atoms with Crippen molar-refractivity contribution in [2.45, 2.75) is 12.5 Å². The molecule has 20 heavy (non-hydrogen) atoms. The van der Waals surface area contributed by atoms with Gasteiger partial charge in [0.25, 0.3) is 0 Å². The van der Waals surface area contributed by atoms with Crippen molar-refractivity contribution in [1.29, 1.82) is 0 Å². The van der Waals surface area contributed by atoms with Gasteiger partial charge in [0.05, 0.1) is 20.3 Å². The minimum atomic E-state index is 0.0810. The highest BCUT2D eigenvalue weighted by Gasteiger charge is 2.19. The molecule has 1 saturated heterocycles. The van der Waals surface area contributed by atoms with Crippen LogP contribution in [0.5, 0.6) is 11.5 Å². The number of anilines is 1. The molecule has 1 aliphatic heterocycles. The Morgan fingerprint density at radius 3 is 2.85 bits per heavy atom. The number of methoxy groups -OCH3 is 1. The number of hydrogen-bond acceptors (Lipinski definition) is 6. The lowest BCUT2D eigenvalue weighted by atomic mass is 10.1. The Balaban J connectivity index is 1.85. The highest BCUT2D eigenvalue weighted by atomic mass is 16.6. The molecule has 3 rings (SSSR count). The average molecular weight is 276 g/mol. The van der Waals surface area contributed by atoms with E-state index in [1.54, 1.807) is 13.2 Å². The highest BCUT2D eigenvalue weighted by Crippen LogP contribution is 2.33. The van der Waals surface area contributed by atoms with Gasteiger partial charge in [-0.1, -0.05) is 5.16 Å². The number of nitrogens with two attached hydrogens (primary N) is 1. The first-order valence-electron chi connectivity index (χ1n) is 6.41. The molecular formula is C14H16N2O4. The maximum absolute atomic E-state index is 5.87. The fraction of sp³-hybridized carbons (Fsp3) is 0.357. The van der Waals surface area contributed by atoms with E-state index < -0.39 is 0 Å². The normalized spacial score (nSPS) is 18.1. The predicted octanol–water partition coefficient (Wildman–Crippen LogP) is 2.10. The molecule has 1 aromatic carbocycles. The Labute approximate surface area is 116 Å². The SMILES string of the molecule is COc1cc(-c2cc(N)on2)ccc1OC1CCOC1. The molecule has 1 aliphatic rings. The third-order valence-electron chi connectivity index (χ3n) is 3.17. The Kier molecular flexibility index (Phi) is 3.47. The van der Waals surface area contributed by atoms with Crippen molar-refractivity contribution in [2.24, 2.45) is 0 Å². The van der Waals surface area contributed by atoms with Gasteiger partial charge in [-0.3, -0.25) is 0 Å². The van der Waals surface area contributed by atoms with Crippen molar-refractivity contribution in [1.82, 2.24) is 5.16 Å². The van der Waals surface area contributed by atoms with Crippen LogP contribution in [0.2, 0.25) is 0 Å². The third kappa shape index (κ3) is 2.55. The van der Waals surface area contributed by atoms with Gasteiger partial charge in [0.15, 0.2) is 11.5 Å². The van der Waals surface area contributed by atoms with E-state index >= 15 is 0 Å². The number of rotatable bonds is 4. The smallest absolute Gasteiger partial charge is 0.222 e. The molecule has 2 heterocycles. The minimum Gasteiger partial charge on any atom is -0.493 e. The summed E-state index contributed by atoms with van der Waals surface area (Å²) in [6, 6.07) is 7.27. The van der Waals surface area contributed by atoms with Crippen LogP contribution in [-0.4, -0.2) is 31.6 Å². The Morgan fingerprint density at radius 2 is 2.20 bits per heavy atom. The quantitative estimate of drug-likeness (QED) is 0.921. The van der Waals surface area contributed by atoms with Gasteiger partial charge >= 0.3 is 0 Å². The van der Waals surface area contributed by atoms with Crippen molar-refractivity contribution in [3.8, 4) is 22.8 Å². The molecule has 0 spiro atoms. The lowest BCUT2D eigenvalue weighted by molar-refractivity contribution is 0.138. The molecule has 106 valence electrons. The maximum Gasteiger partial charge on any atom is 0.222 e. The second-order valence-corrected chi connectivity index (χ2v) is 4.58. The van der Waals surface area contributed by atoms with Crippen LogP contribution in [0.3, 0.4) is 0 Å². The molecule has 1 atom stereocenters. The van der Waals surface area contributed by atoms with E-state index in [9.17, 15) is 0 Å². The zero-order valence-corrected chi connectivity index (χ0v) is 11.2. The number of ether oxygens (including phenoxy) is 3. The molecule has 6 nitrogen and oxygen atoms in total. The standard InChI is InChI=1S/C14H16N2O4/c1-17-13-6-9(11-7-14(15)20-16-11)2-3-12(13)19-10-4-5-18-8-10/h2-3,6-7,10H,4-5,8,15H2,1H3. The van der Waals surface area contributed by atoms with Gasteiger partial charge in [-0.2, -0.15) is 0 Å². The van der Waals surface area contributed by atoms with Crippen molar-refractivity contribution in [3.05, 3.63) is 24.3 Å². The number of benzene rings is 1. The largest absolute Gasteiger partial charge is 0.493 e. The van der Waals surface area contributed by atoms with E-state index in [4.69, 9.17) is 24.5 Å². The van der Waals surface area contributed by atoms with Crippen molar-refractivity contribution < 1.29 is 18.7 Å². The number of aromatic nitrogens is 1. The topological polar surface area (TPSA) is 79.7 Å². The van der Waals surface area contributed by atoms with Gasteiger partial charge in [-0.05, 0) is 18.2 Å². The van der Waals surface area contributed by atoms with Crippen molar-refractivity contribution in [2.75, 3.05) is 26.1 Å². The first-order valence-corrected chi connectivity index (χ1v) is 6.41. The average Bonchev–Trinajstić information content (AvgIpc) is 3.11. The molecule has 6 heteroatoms. The van der Waals surface area contributed by atoms with E-state index in [1.807, 2.05) is 18.2 Å². The van der Waals surface area contributed by atoms with E-state index in [1.165, 1.54) is 0 Å². The molecular weight excluding hydrogens is 260 g/mol. The molecule has 2 N–H and O–H groups in total. The fourth-order valence-corrected chi connectivity index (χ4v) is 2.14. The molecule has 1 unspecified atom stereocenters. The van der Waals surface area contributed by atoms with Crippen LogP contribution >= 0.6 is 0 Å². The van der Waals surface area contributed by atoms with Crippen molar-refractivity contribution >= 4 is 5.88 Å². The van der Waals surface area contributed by atoms with Gasteiger partial charge in [0.1, 0.15) is 11.8 Å². The van der Waals surface area contributed by atoms with E-state index in [-0.39, 0.29) is 12.0 Å². The third-order valence-corrected chi connectivity index (χ3v) is 3.17. The van der Waals surface area contributed by atoms with E-state index in [2.05, 4.69) is 5.16 Å². The molecule has 0 radical (unpaired) electrons. The summed E-state index contributed by atoms with van der Waals surface area (Å²) in [5, 5.41) is 3.88. The van der Waals surface area contributed by atoms with Crippen LogP contribution in [0.25, 0.3) is 11.3 Å². The lowest BCUT2D eigenvalue weighted by Crippen LogP contribution is -2.16. The van der Waals surface area contributed by atoms with Crippen LogP contribution in [0.15, 0.2) is 28.8 Å². The Morgan fingerprint density at radius 1 is 1.30 bits per heavy atom. The number of hydrogen-bond donors (Lipinski definition) is 1. The summed E-state index contributed by atoms with van der Waals surface area (Å²) >= 11 is 0. The molecule has 1 fully saturated rings. The molecule has 2 aromatic rings. The summed E-state index contributed by atoms with van der Waals surface area (Å²) in [5.41, 5.74) is 7.05. The monoisotopic (exact) mass is 276 g/mol. The second kappa shape index (κ2) is 5.42. The number of nitrogen functional groups attached to an aromatic ring is 1. The fourth-order valence-electron chi connectivity index (χ4n) is 2.14. The molecule has 0 aliphatic carbocycles. The summed E-state index contributed by atoms with van der Waals surface area (Å²) in [6.07, 6.45) is 0.975. The molecule has 0 saturated carbocycles. The zero-order chi connectivity index (χ0) is 13.9. The summed E-state index contributed by atoms with van der Waals surface area (Å²) in [5.74, 6) is 1.63. The highest BCUT2D eigenvalue weighted by molar-refractivity contribution is 5.65. The Bertz CT molecular complexity index is 591. The van der Waals surface area contributed by atoms with Gasteiger partial charge in [0, 0.05) is 18.1 Å². The summed E-state index contributed by atoms with van der Waals surface area (Å²) in [7, 11) is 1.61. The maximum atomic E-state index is 5.87. The van der Waals surface area contributed by atoms with Gasteiger partial charge in [-0.15, -0.1) is 0 Å². The van der Waals surface area contributed by atoms with Crippen LogP contribution in [0.1, 0.15) is 6.42 Å². The van der Waals surface area contributed by atoms with Gasteiger partial charge in [-0.25, -0.2) is 0 Å². The lowest BCUT2D eigenvalue weighted by Gasteiger charge is -2.15. The van der Waals surface area contributed by atoms with E-state index in [0.29, 0.717) is 23.8 Å². The molecule has 0 amide bonds. The Hall–Kier alpha value is -2.21. The van der Waals surface area contributed by atoms with Crippen molar-refractivity contribution in [3.63, 3.8) is 0 Å². The predicted molar refractivity (Wildman–Crippen MR) is 72.8 cm³/mol. The van der Waals surface area contributed by atoms with Crippen LogP contribution in [0, 0.1) is 0 Å². The van der Waals surface area contributed by atoms with E-state index in [0.717, 1.165) is 18.6 Å². The second-order valence-electron chi connectivity index (χ2n) is 4.58. The van der Waals surface area contributed by atoms with Crippen LogP contribution in [0.4, 0.5) is 5.88 Å². The summed E-state index contributed by atoms with van der Waals surface area (Å²) < 4.78 is 21.4. The first-order chi connectivity index (χ1) is 9.76. The molecule has 0 bridgehead atoms. The summed E-state index contributed by atoms with van der Waals surface area (Å²) in [6.45, 7) is 1.36. The van der Waals surface area contributed by atoms with Crippen LogP contribution in [-0.2, 0) is 4.74 Å².